The fourth-order valence-corrected chi connectivity index (χ4v) is 6.22. The van der Waals surface area contributed by atoms with Crippen molar-refractivity contribution in [3.8, 4) is 27.7 Å². The predicted octanol–water partition coefficient (Wildman–Crippen LogP) is 10.1. The van der Waals surface area contributed by atoms with Crippen molar-refractivity contribution in [3.05, 3.63) is 120 Å². The molecule has 0 unspecified atom stereocenters. The zero-order valence-corrected chi connectivity index (χ0v) is 25.8. The molecule has 1 aliphatic heterocycles. The van der Waals surface area contributed by atoms with E-state index in [9.17, 15) is 9.18 Å². The molecule has 4 aromatic carbocycles. The van der Waals surface area contributed by atoms with Gasteiger partial charge in [0.15, 0.2) is 5.75 Å². The number of nitrogens with zero attached hydrogens (tertiary/aromatic N) is 1. The number of carbonyl (C=O) groups is 1. The second-order valence-electron chi connectivity index (χ2n) is 11.7. The van der Waals surface area contributed by atoms with Crippen LogP contribution in [0, 0.1) is 5.82 Å². The lowest BCUT2D eigenvalue weighted by Crippen LogP contribution is -2.39. The first-order valence-electron chi connectivity index (χ1n) is 14.7. The van der Waals surface area contributed by atoms with Crippen molar-refractivity contribution in [2.24, 2.45) is 0 Å². The second kappa shape index (κ2) is 12.5. The lowest BCUT2D eigenvalue weighted by Gasteiger charge is -2.29. The van der Waals surface area contributed by atoms with Gasteiger partial charge in [0.1, 0.15) is 29.5 Å². The molecule has 1 aromatic heterocycles. The largest absolute Gasteiger partial charge is 0.489 e. The first-order valence-corrected chi connectivity index (χ1v) is 15.5. The smallest absolute Gasteiger partial charge is 0.410 e. The summed E-state index contributed by atoms with van der Waals surface area (Å²) >= 11 is 1.59. The molecule has 0 fully saturated rings. The van der Waals surface area contributed by atoms with Gasteiger partial charge in [-0.05, 0) is 91.9 Å². The van der Waals surface area contributed by atoms with Crippen molar-refractivity contribution in [3.63, 3.8) is 0 Å². The van der Waals surface area contributed by atoms with Gasteiger partial charge in [0.2, 0.25) is 0 Å². The van der Waals surface area contributed by atoms with Crippen LogP contribution in [0.15, 0.2) is 103 Å². The summed E-state index contributed by atoms with van der Waals surface area (Å²) < 4.78 is 32.9. The van der Waals surface area contributed by atoms with Crippen LogP contribution < -0.4 is 9.47 Å². The lowest BCUT2D eigenvalue weighted by molar-refractivity contribution is 0.0270. The van der Waals surface area contributed by atoms with Crippen molar-refractivity contribution >= 4 is 33.1 Å². The number of rotatable bonds is 7. The number of thiophene rings is 1. The molecule has 1 aliphatic rings. The molecule has 1 amide bonds. The van der Waals surface area contributed by atoms with Crippen molar-refractivity contribution in [1.29, 1.82) is 0 Å². The van der Waals surface area contributed by atoms with Crippen molar-refractivity contribution < 1.29 is 23.4 Å². The number of halogens is 1. The molecule has 6 rings (SSSR count). The maximum atomic E-state index is 13.8. The molecule has 0 atom stereocenters. The molecule has 224 valence electrons. The molecule has 5 nitrogen and oxygen atoms in total. The Bertz CT molecular complexity index is 1790. The zero-order chi connectivity index (χ0) is 30.7. The summed E-state index contributed by atoms with van der Waals surface area (Å²) in [5, 5.41) is 0.961. The summed E-state index contributed by atoms with van der Waals surface area (Å²) in [5.74, 6) is 1.92. The lowest BCUT2D eigenvalue weighted by atomic mass is 9.99. The van der Waals surface area contributed by atoms with E-state index >= 15 is 0 Å². The average Bonchev–Trinajstić information content (AvgIpc) is 3.38. The fourth-order valence-electron chi connectivity index (χ4n) is 5.06. The van der Waals surface area contributed by atoms with Gasteiger partial charge in [0.05, 0.1) is 4.88 Å². The number of hydrogen-bond acceptors (Lipinski definition) is 5. The third-order valence-corrected chi connectivity index (χ3v) is 8.46. The van der Waals surface area contributed by atoms with Crippen LogP contribution in [0.1, 0.15) is 38.3 Å². The highest BCUT2D eigenvalue weighted by Crippen LogP contribution is 2.47. The maximum absolute atomic E-state index is 13.8. The summed E-state index contributed by atoms with van der Waals surface area (Å²) in [4.78, 5) is 15.1. The van der Waals surface area contributed by atoms with Crippen molar-refractivity contribution in [1.82, 2.24) is 4.90 Å². The third kappa shape index (κ3) is 6.95. The molecule has 0 bridgehead atoms. The van der Waals surface area contributed by atoms with Gasteiger partial charge in [-0.1, -0.05) is 60.7 Å². The Morgan fingerprint density at radius 2 is 1.59 bits per heavy atom. The van der Waals surface area contributed by atoms with Crippen LogP contribution in [0.3, 0.4) is 0 Å². The highest BCUT2D eigenvalue weighted by molar-refractivity contribution is 7.22. The van der Waals surface area contributed by atoms with Crippen LogP contribution in [0.4, 0.5) is 9.18 Å². The van der Waals surface area contributed by atoms with E-state index < -0.39 is 5.60 Å². The van der Waals surface area contributed by atoms with E-state index in [2.05, 4.69) is 6.08 Å². The van der Waals surface area contributed by atoms with E-state index in [1.165, 1.54) is 17.7 Å². The van der Waals surface area contributed by atoms with E-state index in [4.69, 9.17) is 14.2 Å². The minimum absolute atomic E-state index is 0.282. The van der Waals surface area contributed by atoms with Gasteiger partial charge >= 0.3 is 6.09 Å². The van der Waals surface area contributed by atoms with Gasteiger partial charge < -0.3 is 19.1 Å². The molecular weight excluding hydrogens is 573 g/mol. The van der Waals surface area contributed by atoms with Crippen LogP contribution in [-0.4, -0.2) is 29.7 Å². The highest BCUT2D eigenvalue weighted by Gasteiger charge is 2.24. The quantitative estimate of drug-likeness (QED) is 0.185. The highest BCUT2D eigenvalue weighted by atomic mass is 32.1. The molecule has 7 heteroatoms. The molecule has 0 saturated heterocycles. The van der Waals surface area contributed by atoms with E-state index in [1.807, 2.05) is 93.6 Å². The van der Waals surface area contributed by atoms with E-state index in [1.54, 1.807) is 28.4 Å². The van der Waals surface area contributed by atoms with Gasteiger partial charge in [0.25, 0.3) is 0 Å². The molecular formula is C37H34FNO4S. The van der Waals surface area contributed by atoms with Gasteiger partial charge in [-0.25, -0.2) is 9.18 Å². The minimum atomic E-state index is -0.514. The van der Waals surface area contributed by atoms with Crippen LogP contribution in [-0.2, 0) is 11.3 Å². The third-order valence-electron chi connectivity index (χ3n) is 7.28. The Labute approximate surface area is 261 Å². The van der Waals surface area contributed by atoms with Crippen molar-refractivity contribution in [2.45, 2.75) is 39.4 Å². The first kappa shape index (κ1) is 29.5. The summed E-state index contributed by atoms with van der Waals surface area (Å²) in [6.07, 6.45) is 2.55. The molecule has 44 heavy (non-hydrogen) atoms. The average molecular weight is 608 g/mol. The topological polar surface area (TPSA) is 48.0 Å². The Morgan fingerprint density at radius 1 is 0.886 bits per heavy atom. The van der Waals surface area contributed by atoms with Crippen LogP contribution in [0.25, 0.3) is 26.1 Å². The van der Waals surface area contributed by atoms with E-state index in [0.29, 0.717) is 25.4 Å². The molecule has 0 saturated carbocycles. The number of benzene rings is 4. The molecule has 0 spiro atoms. The molecule has 0 radical (unpaired) electrons. The molecule has 5 aromatic rings. The monoisotopic (exact) mass is 607 g/mol. The molecule has 0 N–H and O–H groups in total. The summed E-state index contributed by atoms with van der Waals surface area (Å²) in [6.45, 7) is 7.23. The standard InChI is InChI=1S/C37H34FNO4S/c1-37(2,3)43-36(40)39-21-19-27(20-22-39)26-11-15-30(16-12-26)42-34-32-18-17-31(41-24-25-7-5-4-6-8-25)23-33(32)44-35(34)28-9-13-29(38)14-10-28/h4-19,23H,20-22,24H2,1-3H3. The van der Waals surface area contributed by atoms with Crippen LogP contribution >= 0.6 is 11.3 Å². The number of ether oxygens (including phenoxy) is 3. The SMILES string of the molecule is CC(C)(C)OC(=O)N1CC=C(c2ccc(Oc3c(-c4ccc(F)cc4)sc4cc(OCc5ccccc5)ccc34)cc2)CC1. The van der Waals surface area contributed by atoms with Gasteiger partial charge in [-0.15, -0.1) is 11.3 Å². The van der Waals surface area contributed by atoms with Crippen LogP contribution in [0.5, 0.6) is 17.2 Å². The Morgan fingerprint density at radius 3 is 2.27 bits per heavy atom. The Hall–Kier alpha value is -4.62. The number of fused-ring (bicyclic) bond motifs is 1. The van der Waals surface area contributed by atoms with Gasteiger partial charge in [-0.3, -0.25) is 0 Å². The van der Waals surface area contributed by atoms with E-state index in [0.717, 1.165) is 49.6 Å². The maximum Gasteiger partial charge on any atom is 0.410 e. The first-order chi connectivity index (χ1) is 21.2. The summed E-state index contributed by atoms with van der Waals surface area (Å²) in [5.41, 5.74) is 3.75. The molecule has 0 aliphatic carbocycles. The zero-order valence-electron chi connectivity index (χ0n) is 25.0. The van der Waals surface area contributed by atoms with Crippen LogP contribution in [0.2, 0.25) is 0 Å². The fraction of sp³-hybridized carbons (Fsp3) is 0.216. The normalized spacial score (nSPS) is 13.5. The van der Waals surface area contributed by atoms with Crippen molar-refractivity contribution in [2.75, 3.05) is 13.1 Å². The minimum Gasteiger partial charge on any atom is -0.489 e. The van der Waals surface area contributed by atoms with Gasteiger partial charge in [-0.2, -0.15) is 0 Å². The number of hydrogen-bond donors (Lipinski definition) is 0. The Balaban J connectivity index is 1.22. The predicted molar refractivity (Wildman–Crippen MR) is 175 cm³/mol. The molecule has 2 heterocycles. The van der Waals surface area contributed by atoms with Gasteiger partial charge in [0, 0.05) is 23.2 Å². The summed E-state index contributed by atoms with van der Waals surface area (Å²) in [6, 6.07) is 30.6. The number of carbonyl (C=O) groups excluding carboxylic acids is 1. The van der Waals surface area contributed by atoms with E-state index in [-0.39, 0.29) is 11.9 Å². The summed E-state index contributed by atoms with van der Waals surface area (Å²) in [7, 11) is 0. The second-order valence-corrected chi connectivity index (χ2v) is 12.8. The number of amides is 1. The Kier molecular flexibility index (Phi) is 8.40.